The SMILES string of the molecule is Cc1cc(=O)oc2cc(OCC(=O)N[C@@H](Cc3c[nH]c4ccc(O)cc34)C(=O)O)ccc12. The summed E-state index contributed by atoms with van der Waals surface area (Å²) < 4.78 is 10.6. The fraction of sp³-hybridized carbons (Fsp3) is 0.174. The van der Waals surface area contributed by atoms with Crippen LogP contribution in [0.4, 0.5) is 0 Å². The average Bonchev–Trinajstić information content (AvgIpc) is 3.13. The Kier molecular flexibility index (Phi) is 5.55. The molecule has 9 nitrogen and oxygen atoms in total. The van der Waals surface area contributed by atoms with Crippen LogP contribution < -0.4 is 15.7 Å². The summed E-state index contributed by atoms with van der Waals surface area (Å²) in [6.07, 6.45) is 1.67. The molecule has 0 saturated carbocycles. The van der Waals surface area contributed by atoms with Crippen molar-refractivity contribution in [3.8, 4) is 11.5 Å². The number of phenolic OH excluding ortho intramolecular Hbond substituents is 1. The molecule has 4 aromatic rings. The summed E-state index contributed by atoms with van der Waals surface area (Å²) >= 11 is 0. The highest BCUT2D eigenvalue weighted by Gasteiger charge is 2.22. The highest BCUT2D eigenvalue weighted by atomic mass is 16.5. The van der Waals surface area contributed by atoms with Crippen LogP contribution in [0.5, 0.6) is 11.5 Å². The molecule has 0 aliphatic heterocycles. The molecule has 1 amide bonds. The number of hydrogen-bond donors (Lipinski definition) is 4. The third-order valence-electron chi connectivity index (χ3n) is 5.10. The molecule has 2 heterocycles. The average molecular weight is 436 g/mol. The van der Waals surface area contributed by atoms with Gasteiger partial charge in [0.25, 0.3) is 5.91 Å². The van der Waals surface area contributed by atoms with Gasteiger partial charge in [0.15, 0.2) is 6.61 Å². The third kappa shape index (κ3) is 4.41. The molecule has 4 rings (SSSR count). The number of carboxylic acids is 1. The van der Waals surface area contributed by atoms with Gasteiger partial charge >= 0.3 is 11.6 Å². The lowest BCUT2D eigenvalue weighted by molar-refractivity contribution is -0.142. The summed E-state index contributed by atoms with van der Waals surface area (Å²) in [7, 11) is 0. The van der Waals surface area contributed by atoms with E-state index in [1.54, 1.807) is 31.3 Å². The number of fused-ring (bicyclic) bond motifs is 2. The van der Waals surface area contributed by atoms with Crippen LogP contribution >= 0.6 is 0 Å². The van der Waals surface area contributed by atoms with Crippen LogP contribution in [0.2, 0.25) is 0 Å². The van der Waals surface area contributed by atoms with Crippen molar-refractivity contribution in [2.45, 2.75) is 19.4 Å². The lowest BCUT2D eigenvalue weighted by atomic mass is 10.0. The molecule has 2 aromatic carbocycles. The normalized spacial score (nSPS) is 12.0. The summed E-state index contributed by atoms with van der Waals surface area (Å²) in [4.78, 5) is 38.6. The van der Waals surface area contributed by atoms with E-state index in [1.807, 2.05) is 0 Å². The van der Waals surface area contributed by atoms with Crippen molar-refractivity contribution >= 4 is 33.7 Å². The van der Waals surface area contributed by atoms with Crippen molar-refractivity contribution < 1.29 is 29.0 Å². The fourth-order valence-electron chi connectivity index (χ4n) is 3.54. The fourth-order valence-corrected chi connectivity index (χ4v) is 3.54. The quantitative estimate of drug-likeness (QED) is 0.326. The number of aromatic nitrogens is 1. The van der Waals surface area contributed by atoms with Crippen molar-refractivity contribution in [3.05, 3.63) is 70.2 Å². The summed E-state index contributed by atoms with van der Waals surface area (Å²) in [5.41, 5.74) is 1.99. The third-order valence-corrected chi connectivity index (χ3v) is 5.10. The van der Waals surface area contributed by atoms with Gasteiger partial charge in [-0.15, -0.1) is 0 Å². The number of aryl methyl sites for hydroxylation is 1. The first kappa shape index (κ1) is 21.0. The van der Waals surface area contributed by atoms with E-state index < -0.39 is 30.2 Å². The molecule has 0 aliphatic rings. The van der Waals surface area contributed by atoms with Gasteiger partial charge < -0.3 is 29.7 Å². The highest BCUT2D eigenvalue weighted by molar-refractivity contribution is 5.88. The molecular weight excluding hydrogens is 416 g/mol. The molecule has 2 aromatic heterocycles. The van der Waals surface area contributed by atoms with E-state index in [1.165, 1.54) is 24.3 Å². The largest absolute Gasteiger partial charge is 0.508 e. The first-order chi connectivity index (χ1) is 15.3. The Morgan fingerprint density at radius 3 is 2.75 bits per heavy atom. The Labute approximate surface area is 181 Å². The Morgan fingerprint density at radius 2 is 1.97 bits per heavy atom. The standard InChI is InChI=1S/C23H20N2O7/c1-12-6-22(28)32-20-9-15(3-4-16(12)20)31-11-21(27)25-19(23(29)30)7-13-10-24-18-5-2-14(26)8-17(13)18/h2-6,8-10,19,24,26H,7,11H2,1H3,(H,25,27)(H,29,30)/t19-/m0/s1. The number of carbonyl (C=O) groups excluding carboxylic acids is 1. The van der Waals surface area contributed by atoms with Crippen LogP contribution in [0.25, 0.3) is 21.9 Å². The Balaban J connectivity index is 1.43. The predicted molar refractivity (Wildman–Crippen MR) is 116 cm³/mol. The van der Waals surface area contributed by atoms with E-state index in [-0.39, 0.29) is 12.2 Å². The number of ether oxygens (including phenoxy) is 1. The number of carboxylic acid groups (broad SMARTS) is 1. The summed E-state index contributed by atoms with van der Waals surface area (Å²) in [5.74, 6) is -1.45. The second kappa shape index (κ2) is 8.46. The first-order valence-corrected chi connectivity index (χ1v) is 9.78. The molecule has 0 fully saturated rings. The summed E-state index contributed by atoms with van der Waals surface area (Å²) in [6.45, 7) is 1.37. The van der Waals surface area contributed by atoms with Gasteiger partial charge in [-0.1, -0.05) is 0 Å². The minimum atomic E-state index is -1.20. The minimum Gasteiger partial charge on any atom is -0.508 e. The molecule has 4 N–H and O–H groups in total. The van der Waals surface area contributed by atoms with Crippen LogP contribution in [-0.4, -0.2) is 39.7 Å². The predicted octanol–water partition coefficient (Wildman–Crippen LogP) is 2.48. The molecular formula is C23H20N2O7. The number of aromatic hydroxyl groups is 1. The second-order valence-electron chi connectivity index (χ2n) is 7.40. The van der Waals surface area contributed by atoms with Gasteiger partial charge in [0.1, 0.15) is 23.1 Å². The molecule has 32 heavy (non-hydrogen) atoms. The summed E-state index contributed by atoms with van der Waals surface area (Å²) in [5, 5.41) is 23.1. The number of aromatic amines is 1. The number of carbonyl (C=O) groups is 2. The molecule has 1 atom stereocenters. The molecule has 0 radical (unpaired) electrons. The van der Waals surface area contributed by atoms with Gasteiger partial charge in [-0.2, -0.15) is 0 Å². The van der Waals surface area contributed by atoms with Crippen molar-refractivity contribution in [2.75, 3.05) is 6.61 Å². The monoisotopic (exact) mass is 436 g/mol. The van der Waals surface area contributed by atoms with E-state index in [2.05, 4.69) is 10.3 Å². The molecule has 0 spiro atoms. The maximum Gasteiger partial charge on any atom is 0.336 e. The van der Waals surface area contributed by atoms with Crippen LogP contribution in [0.3, 0.4) is 0 Å². The Morgan fingerprint density at radius 1 is 1.16 bits per heavy atom. The summed E-state index contributed by atoms with van der Waals surface area (Å²) in [6, 6.07) is 9.79. The zero-order valence-electron chi connectivity index (χ0n) is 17.0. The Hall–Kier alpha value is -4.27. The molecule has 0 unspecified atom stereocenters. The molecule has 0 aliphatic carbocycles. The smallest absolute Gasteiger partial charge is 0.336 e. The maximum absolute atomic E-state index is 12.3. The number of hydrogen-bond acceptors (Lipinski definition) is 6. The number of phenols is 1. The zero-order valence-corrected chi connectivity index (χ0v) is 17.0. The van der Waals surface area contributed by atoms with Crippen molar-refractivity contribution in [1.29, 1.82) is 0 Å². The second-order valence-corrected chi connectivity index (χ2v) is 7.40. The van der Waals surface area contributed by atoms with E-state index in [0.717, 1.165) is 16.5 Å². The molecule has 0 bridgehead atoms. The van der Waals surface area contributed by atoms with E-state index in [4.69, 9.17) is 9.15 Å². The van der Waals surface area contributed by atoms with Crippen LogP contribution in [0.1, 0.15) is 11.1 Å². The number of nitrogens with one attached hydrogen (secondary N) is 2. The number of aliphatic carboxylic acids is 1. The van der Waals surface area contributed by atoms with E-state index in [9.17, 15) is 24.6 Å². The van der Waals surface area contributed by atoms with Gasteiger partial charge in [-0.05, 0) is 48.4 Å². The van der Waals surface area contributed by atoms with Crippen LogP contribution in [0, 0.1) is 6.92 Å². The van der Waals surface area contributed by atoms with E-state index in [0.29, 0.717) is 22.3 Å². The molecule has 9 heteroatoms. The number of benzene rings is 2. The topological polar surface area (TPSA) is 142 Å². The lowest BCUT2D eigenvalue weighted by Crippen LogP contribution is -2.44. The Bertz CT molecular complexity index is 1390. The zero-order chi connectivity index (χ0) is 22.8. The van der Waals surface area contributed by atoms with Crippen LogP contribution in [0.15, 0.2) is 57.9 Å². The number of amides is 1. The van der Waals surface area contributed by atoms with Gasteiger partial charge in [-0.3, -0.25) is 4.79 Å². The van der Waals surface area contributed by atoms with Crippen LogP contribution in [-0.2, 0) is 16.0 Å². The van der Waals surface area contributed by atoms with Gasteiger partial charge in [-0.25, -0.2) is 9.59 Å². The van der Waals surface area contributed by atoms with Gasteiger partial charge in [0, 0.05) is 41.0 Å². The molecule has 0 saturated heterocycles. The van der Waals surface area contributed by atoms with Gasteiger partial charge in [0.2, 0.25) is 0 Å². The molecule has 164 valence electrons. The first-order valence-electron chi connectivity index (χ1n) is 9.78. The number of rotatable bonds is 7. The van der Waals surface area contributed by atoms with Crippen molar-refractivity contribution in [1.82, 2.24) is 10.3 Å². The lowest BCUT2D eigenvalue weighted by Gasteiger charge is -2.15. The van der Waals surface area contributed by atoms with E-state index >= 15 is 0 Å². The number of H-pyrrole nitrogens is 1. The van der Waals surface area contributed by atoms with Crippen molar-refractivity contribution in [2.24, 2.45) is 0 Å². The van der Waals surface area contributed by atoms with Gasteiger partial charge in [0.05, 0.1) is 0 Å². The maximum atomic E-state index is 12.3. The minimum absolute atomic E-state index is 0.0188. The van der Waals surface area contributed by atoms with Crippen molar-refractivity contribution in [3.63, 3.8) is 0 Å². The highest BCUT2D eigenvalue weighted by Crippen LogP contribution is 2.24.